The first-order chi connectivity index (χ1) is 14.3. The van der Waals surface area contributed by atoms with Crippen LogP contribution >= 0.6 is 11.6 Å². The number of halogens is 4. The molecule has 3 heterocycles. The predicted molar refractivity (Wildman–Crippen MR) is 108 cm³/mol. The Labute approximate surface area is 175 Å². The molecule has 3 aromatic rings. The van der Waals surface area contributed by atoms with Gasteiger partial charge in [-0.2, -0.15) is 0 Å². The summed E-state index contributed by atoms with van der Waals surface area (Å²) in [5.41, 5.74) is 0.565. The van der Waals surface area contributed by atoms with Crippen LogP contribution in [0, 0.1) is 5.82 Å². The lowest BCUT2D eigenvalue weighted by atomic mass is 10.0. The van der Waals surface area contributed by atoms with Crippen molar-refractivity contribution in [3.63, 3.8) is 0 Å². The molecule has 0 unspecified atom stereocenters. The third-order valence-electron chi connectivity index (χ3n) is 4.78. The molecule has 0 aliphatic carbocycles. The number of hydrogen-bond acceptors (Lipinski definition) is 3. The van der Waals surface area contributed by atoms with Crippen molar-refractivity contribution in [2.24, 2.45) is 0 Å². The topological polar surface area (TPSA) is 58.1 Å². The van der Waals surface area contributed by atoms with Gasteiger partial charge in [-0.15, -0.1) is 0 Å². The van der Waals surface area contributed by atoms with E-state index in [1.54, 1.807) is 24.3 Å². The lowest BCUT2D eigenvalue weighted by Crippen LogP contribution is -2.36. The first-order valence-electron chi connectivity index (χ1n) is 9.18. The lowest BCUT2D eigenvalue weighted by Gasteiger charge is -2.24. The van der Waals surface area contributed by atoms with Gasteiger partial charge in [0.05, 0.1) is 23.1 Å². The number of hydrogen-bond donors (Lipinski definition) is 1. The molecule has 30 heavy (non-hydrogen) atoms. The summed E-state index contributed by atoms with van der Waals surface area (Å²) < 4.78 is 43.3. The van der Waals surface area contributed by atoms with Crippen LogP contribution in [0.25, 0.3) is 11.3 Å². The van der Waals surface area contributed by atoms with Gasteiger partial charge in [-0.25, -0.2) is 22.9 Å². The van der Waals surface area contributed by atoms with E-state index in [-0.39, 0.29) is 30.0 Å². The first-order valence-corrected chi connectivity index (χ1v) is 9.56. The molecular weight excluding hydrogens is 417 g/mol. The van der Waals surface area contributed by atoms with Crippen LogP contribution in [-0.4, -0.2) is 22.5 Å². The number of alkyl halides is 2. The standard InChI is InChI=1S/C21H16ClF3N4O/c22-14-4-1-3-13(11-14)17-6-5-15-19(27-17)29(10-2-8-21(15,24)25)20(30)28-18-7-9-26-12-16(18)23/h1,3-7,9,11-12H,2,8,10H2,(H,26,28,30). The van der Waals surface area contributed by atoms with Crippen molar-refractivity contribution in [2.75, 3.05) is 16.8 Å². The van der Waals surface area contributed by atoms with Crippen LogP contribution in [0.3, 0.4) is 0 Å². The molecule has 154 valence electrons. The molecule has 1 aliphatic rings. The van der Waals surface area contributed by atoms with Crippen molar-refractivity contribution in [3.05, 3.63) is 71.3 Å². The van der Waals surface area contributed by atoms with Gasteiger partial charge in [0.1, 0.15) is 5.82 Å². The Morgan fingerprint density at radius 1 is 1.20 bits per heavy atom. The summed E-state index contributed by atoms with van der Waals surface area (Å²) in [5, 5.41) is 2.88. The Morgan fingerprint density at radius 3 is 2.80 bits per heavy atom. The second-order valence-corrected chi connectivity index (χ2v) is 7.26. The van der Waals surface area contributed by atoms with Crippen LogP contribution in [0.15, 0.2) is 54.9 Å². The van der Waals surface area contributed by atoms with Crippen molar-refractivity contribution >= 4 is 29.1 Å². The van der Waals surface area contributed by atoms with Gasteiger partial charge in [-0.3, -0.25) is 9.88 Å². The maximum atomic E-state index is 14.7. The third-order valence-corrected chi connectivity index (χ3v) is 5.01. The molecule has 1 N–H and O–H groups in total. The molecule has 0 saturated heterocycles. The number of nitrogens with zero attached hydrogens (tertiary/aromatic N) is 3. The van der Waals surface area contributed by atoms with Gasteiger partial charge >= 0.3 is 6.03 Å². The second kappa shape index (κ2) is 7.95. The van der Waals surface area contributed by atoms with E-state index in [4.69, 9.17) is 11.6 Å². The molecule has 0 atom stereocenters. The Kier molecular flexibility index (Phi) is 5.34. The number of aromatic nitrogens is 2. The maximum absolute atomic E-state index is 14.7. The van der Waals surface area contributed by atoms with E-state index in [1.165, 1.54) is 24.4 Å². The summed E-state index contributed by atoms with van der Waals surface area (Å²) in [6.45, 7) is 0.00707. The number of carbonyl (C=O) groups is 1. The molecule has 1 aliphatic heterocycles. The van der Waals surface area contributed by atoms with Gasteiger partial charge in [0.25, 0.3) is 5.92 Å². The number of rotatable bonds is 2. The van der Waals surface area contributed by atoms with Gasteiger partial charge < -0.3 is 5.32 Å². The zero-order valence-electron chi connectivity index (χ0n) is 15.6. The van der Waals surface area contributed by atoms with Crippen LogP contribution in [0.5, 0.6) is 0 Å². The number of amides is 2. The molecule has 1 aromatic carbocycles. The van der Waals surface area contributed by atoms with Crippen LogP contribution in [0.4, 0.5) is 29.5 Å². The number of anilines is 2. The molecule has 0 bridgehead atoms. The maximum Gasteiger partial charge on any atom is 0.327 e. The summed E-state index contributed by atoms with van der Waals surface area (Å²) >= 11 is 6.03. The van der Waals surface area contributed by atoms with Gasteiger partial charge in [-0.1, -0.05) is 23.7 Å². The highest BCUT2D eigenvalue weighted by Gasteiger charge is 2.40. The Bertz CT molecular complexity index is 1110. The molecule has 0 spiro atoms. The number of carbonyl (C=O) groups excluding carboxylic acids is 1. The summed E-state index contributed by atoms with van der Waals surface area (Å²) in [7, 11) is 0. The van der Waals surface area contributed by atoms with E-state index in [1.807, 2.05) is 0 Å². The molecule has 5 nitrogen and oxygen atoms in total. The summed E-state index contributed by atoms with van der Waals surface area (Å²) in [4.78, 5) is 22.0. The van der Waals surface area contributed by atoms with Crippen LogP contribution < -0.4 is 10.2 Å². The Morgan fingerprint density at radius 2 is 2.03 bits per heavy atom. The molecule has 4 rings (SSSR count). The van der Waals surface area contributed by atoms with E-state index in [0.29, 0.717) is 16.3 Å². The molecular formula is C21H16ClF3N4O. The average Bonchev–Trinajstić information content (AvgIpc) is 2.85. The Hall–Kier alpha value is -3.13. The number of fused-ring (bicyclic) bond motifs is 1. The number of benzene rings is 1. The zero-order valence-corrected chi connectivity index (χ0v) is 16.3. The van der Waals surface area contributed by atoms with Gasteiger partial charge in [0, 0.05) is 29.7 Å². The molecule has 2 amide bonds. The minimum absolute atomic E-state index is 0.00707. The number of pyridine rings is 2. The first kappa shape index (κ1) is 20.2. The summed E-state index contributed by atoms with van der Waals surface area (Å²) in [6, 6.07) is 10.1. The van der Waals surface area contributed by atoms with E-state index in [2.05, 4.69) is 15.3 Å². The van der Waals surface area contributed by atoms with Crippen molar-refractivity contribution in [3.8, 4) is 11.3 Å². The molecule has 0 radical (unpaired) electrons. The minimum atomic E-state index is -3.15. The highest BCUT2D eigenvalue weighted by molar-refractivity contribution is 6.30. The van der Waals surface area contributed by atoms with E-state index < -0.39 is 24.2 Å². The fraction of sp³-hybridized carbons (Fsp3) is 0.190. The quantitative estimate of drug-likeness (QED) is 0.551. The van der Waals surface area contributed by atoms with Crippen molar-refractivity contribution in [1.82, 2.24) is 9.97 Å². The van der Waals surface area contributed by atoms with Crippen molar-refractivity contribution in [2.45, 2.75) is 18.8 Å². The van der Waals surface area contributed by atoms with E-state index >= 15 is 0 Å². The third kappa shape index (κ3) is 3.95. The molecule has 9 heteroatoms. The highest BCUT2D eigenvalue weighted by Crippen LogP contribution is 2.42. The van der Waals surface area contributed by atoms with E-state index in [0.717, 1.165) is 11.1 Å². The monoisotopic (exact) mass is 432 g/mol. The van der Waals surface area contributed by atoms with Gasteiger partial charge in [0.2, 0.25) is 0 Å². The largest absolute Gasteiger partial charge is 0.327 e. The zero-order chi connectivity index (χ0) is 21.3. The SMILES string of the molecule is O=C(Nc1ccncc1F)N1CCCC(F)(F)c2ccc(-c3cccc(Cl)c3)nc21. The summed E-state index contributed by atoms with van der Waals surface area (Å²) in [5.74, 6) is -4.04. The smallest absolute Gasteiger partial charge is 0.305 e. The fourth-order valence-corrected chi connectivity index (χ4v) is 3.50. The highest BCUT2D eigenvalue weighted by atomic mass is 35.5. The van der Waals surface area contributed by atoms with E-state index in [9.17, 15) is 18.0 Å². The summed E-state index contributed by atoms with van der Waals surface area (Å²) in [6.07, 6.45) is 1.90. The lowest BCUT2D eigenvalue weighted by molar-refractivity contribution is -0.0122. The number of urea groups is 1. The van der Waals surface area contributed by atoms with Crippen LogP contribution in [-0.2, 0) is 5.92 Å². The molecule has 0 fully saturated rings. The minimum Gasteiger partial charge on any atom is -0.305 e. The van der Waals surface area contributed by atoms with Crippen LogP contribution in [0.2, 0.25) is 5.02 Å². The van der Waals surface area contributed by atoms with Gasteiger partial charge in [0.15, 0.2) is 5.82 Å². The predicted octanol–water partition coefficient (Wildman–Crippen LogP) is 5.86. The normalized spacial score (nSPS) is 15.3. The molecule has 2 aromatic heterocycles. The second-order valence-electron chi connectivity index (χ2n) is 6.82. The Balaban J connectivity index is 1.77. The van der Waals surface area contributed by atoms with Crippen molar-refractivity contribution in [1.29, 1.82) is 0 Å². The number of nitrogens with one attached hydrogen (secondary N) is 1. The molecule has 0 saturated carbocycles. The van der Waals surface area contributed by atoms with Gasteiger partial charge in [-0.05, 0) is 36.8 Å². The van der Waals surface area contributed by atoms with Crippen molar-refractivity contribution < 1.29 is 18.0 Å². The fourth-order valence-electron chi connectivity index (χ4n) is 3.30. The van der Waals surface area contributed by atoms with Crippen LogP contribution in [0.1, 0.15) is 18.4 Å². The average molecular weight is 433 g/mol.